The van der Waals surface area contributed by atoms with Crippen molar-refractivity contribution in [3.63, 3.8) is 0 Å². The molecule has 2 unspecified atom stereocenters. The quantitative estimate of drug-likeness (QED) is 0.745. The number of amides is 2. The van der Waals surface area contributed by atoms with Gasteiger partial charge >= 0.3 is 0 Å². The van der Waals surface area contributed by atoms with E-state index in [9.17, 15) is 9.59 Å². The minimum atomic E-state index is 0.165. The maximum Gasteiger partial charge on any atom is 0.222 e. The Morgan fingerprint density at radius 3 is 3.12 bits per heavy atom. The summed E-state index contributed by atoms with van der Waals surface area (Å²) in [5, 5.41) is 3.03. The molecule has 4 heteroatoms. The van der Waals surface area contributed by atoms with Gasteiger partial charge in [-0.05, 0) is 25.2 Å². The van der Waals surface area contributed by atoms with E-state index in [0.29, 0.717) is 24.8 Å². The highest BCUT2D eigenvalue weighted by atomic mass is 16.2. The number of likely N-dealkylation sites (tertiary alicyclic amines) is 1. The summed E-state index contributed by atoms with van der Waals surface area (Å²) in [4.78, 5) is 25.1. The number of carbonyl (C=O) groups is 2. The van der Waals surface area contributed by atoms with Crippen LogP contribution in [0.15, 0.2) is 12.7 Å². The molecule has 0 spiro atoms. The Balaban J connectivity index is 1.87. The summed E-state index contributed by atoms with van der Waals surface area (Å²) in [5.41, 5.74) is 0. The normalized spacial score (nSPS) is 28.2. The number of carbonyl (C=O) groups excluding carboxylic acids is 2. The second kappa shape index (κ2) is 5.34. The number of hydrogen-bond donors (Lipinski definition) is 1. The Morgan fingerprint density at radius 1 is 1.53 bits per heavy atom. The van der Waals surface area contributed by atoms with Gasteiger partial charge in [-0.1, -0.05) is 6.08 Å². The summed E-state index contributed by atoms with van der Waals surface area (Å²) < 4.78 is 0. The molecule has 2 aliphatic rings. The maximum absolute atomic E-state index is 11.9. The molecule has 2 aliphatic heterocycles. The summed E-state index contributed by atoms with van der Waals surface area (Å²) >= 11 is 0. The average molecular weight is 236 g/mol. The number of allylic oxidation sites excluding steroid dienone is 1. The van der Waals surface area contributed by atoms with Gasteiger partial charge in [-0.2, -0.15) is 0 Å². The highest BCUT2D eigenvalue weighted by molar-refractivity contribution is 5.78. The van der Waals surface area contributed by atoms with Crippen LogP contribution in [-0.2, 0) is 9.59 Å². The smallest absolute Gasteiger partial charge is 0.222 e. The van der Waals surface area contributed by atoms with E-state index < -0.39 is 0 Å². The van der Waals surface area contributed by atoms with Crippen molar-refractivity contribution in [1.29, 1.82) is 0 Å². The van der Waals surface area contributed by atoms with E-state index in [-0.39, 0.29) is 11.8 Å². The molecule has 2 amide bonds. The second-order valence-electron chi connectivity index (χ2n) is 4.93. The largest absolute Gasteiger partial charge is 0.353 e. The van der Waals surface area contributed by atoms with Crippen molar-refractivity contribution < 1.29 is 9.59 Å². The zero-order valence-electron chi connectivity index (χ0n) is 10.2. The van der Waals surface area contributed by atoms with Crippen LogP contribution in [-0.4, -0.2) is 35.8 Å². The van der Waals surface area contributed by atoms with Crippen LogP contribution in [0.1, 0.15) is 32.1 Å². The molecule has 0 aliphatic carbocycles. The van der Waals surface area contributed by atoms with Crippen LogP contribution in [0.25, 0.3) is 0 Å². The lowest BCUT2D eigenvalue weighted by Crippen LogP contribution is -2.55. The van der Waals surface area contributed by atoms with Gasteiger partial charge in [0.15, 0.2) is 0 Å². The Kier molecular flexibility index (Phi) is 3.82. The average Bonchev–Trinajstić information content (AvgIpc) is 2.35. The van der Waals surface area contributed by atoms with Crippen LogP contribution in [0.4, 0.5) is 0 Å². The molecule has 0 saturated carbocycles. The third-order valence-electron chi connectivity index (χ3n) is 3.74. The first kappa shape index (κ1) is 12.1. The monoisotopic (exact) mass is 236 g/mol. The van der Waals surface area contributed by atoms with Gasteiger partial charge < -0.3 is 10.2 Å². The lowest BCUT2D eigenvalue weighted by atomic mass is 9.85. The number of rotatable bonds is 3. The van der Waals surface area contributed by atoms with E-state index in [1.165, 1.54) is 0 Å². The van der Waals surface area contributed by atoms with E-state index >= 15 is 0 Å². The first-order valence-electron chi connectivity index (χ1n) is 6.38. The van der Waals surface area contributed by atoms with Gasteiger partial charge in [-0.3, -0.25) is 9.59 Å². The first-order chi connectivity index (χ1) is 8.20. The van der Waals surface area contributed by atoms with Crippen LogP contribution in [0.3, 0.4) is 0 Å². The molecule has 2 heterocycles. The maximum atomic E-state index is 11.9. The molecular formula is C13H20N2O2. The van der Waals surface area contributed by atoms with Gasteiger partial charge in [0.1, 0.15) is 0 Å². The summed E-state index contributed by atoms with van der Waals surface area (Å²) in [5.74, 6) is 0.840. The Bertz CT molecular complexity index is 327. The van der Waals surface area contributed by atoms with E-state index in [1.807, 2.05) is 4.90 Å². The SMILES string of the molecule is C=CCCC(=O)N1CCC2NC(=O)CCC2C1. The summed E-state index contributed by atoms with van der Waals surface area (Å²) in [6.45, 7) is 5.22. The van der Waals surface area contributed by atoms with Gasteiger partial charge in [0, 0.05) is 32.0 Å². The predicted molar refractivity (Wildman–Crippen MR) is 65.3 cm³/mol. The highest BCUT2D eigenvalue weighted by Gasteiger charge is 2.34. The van der Waals surface area contributed by atoms with Crippen LogP contribution < -0.4 is 5.32 Å². The topological polar surface area (TPSA) is 49.4 Å². The molecule has 2 rings (SSSR count). The number of nitrogens with one attached hydrogen (secondary N) is 1. The van der Waals surface area contributed by atoms with Crippen molar-refractivity contribution in [1.82, 2.24) is 10.2 Å². The second-order valence-corrected chi connectivity index (χ2v) is 4.93. The standard InChI is InChI=1S/C13H20N2O2/c1-2-3-4-13(17)15-8-7-11-10(9-15)5-6-12(16)14-11/h2,10-11H,1,3-9H2,(H,14,16). The van der Waals surface area contributed by atoms with E-state index in [0.717, 1.165) is 32.4 Å². The molecular weight excluding hydrogens is 216 g/mol. The minimum absolute atomic E-state index is 0.165. The summed E-state index contributed by atoms with van der Waals surface area (Å²) in [6.07, 6.45) is 5.52. The summed E-state index contributed by atoms with van der Waals surface area (Å²) in [7, 11) is 0. The van der Waals surface area contributed by atoms with E-state index in [4.69, 9.17) is 0 Å². The van der Waals surface area contributed by atoms with Gasteiger partial charge in [0.05, 0.1) is 0 Å². The van der Waals surface area contributed by atoms with Gasteiger partial charge in [0.2, 0.25) is 11.8 Å². The van der Waals surface area contributed by atoms with Crippen LogP contribution in [0.5, 0.6) is 0 Å². The fourth-order valence-corrected chi connectivity index (χ4v) is 2.72. The molecule has 17 heavy (non-hydrogen) atoms. The summed E-state index contributed by atoms with van der Waals surface area (Å²) in [6, 6.07) is 0.291. The minimum Gasteiger partial charge on any atom is -0.353 e. The molecule has 1 N–H and O–H groups in total. The molecule has 2 saturated heterocycles. The number of nitrogens with zero attached hydrogens (tertiary/aromatic N) is 1. The lowest BCUT2D eigenvalue weighted by molar-refractivity contribution is -0.134. The van der Waals surface area contributed by atoms with Crippen LogP contribution in [0, 0.1) is 5.92 Å². The van der Waals surface area contributed by atoms with Crippen molar-refractivity contribution in [2.24, 2.45) is 5.92 Å². The van der Waals surface area contributed by atoms with Gasteiger partial charge in [-0.15, -0.1) is 6.58 Å². The lowest BCUT2D eigenvalue weighted by Gasteiger charge is -2.41. The van der Waals surface area contributed by atoms with Crippen molar-refractivity contribution in [3.05, 3.63) is 12.7 Å². The zero-order chi connectivity index (χ0) is 12.3. The Hall–Kier alpha value is -1.32. The third-order valence-corrected chi connectivity index (χ3v) is 3.74. The molecule has 2 atom stereocenters. The fourth-order valence-electron chi connectivity index (χ4n) is 2.72. The number of fused-ring (bicyclic) bond motifs is 1. The number of piperidine rings is 2. The Labute approximate surface area is 102 Å². The molecule has 0 aromatic heterocycles. The highest BCUT2D eigenvalue weighted by Crippen LogP contribution is 2.25. The van der Waals surface area contributed by atoms with E-state index in [2.05, 4.69) is 11.9 Å². The molecule has 4 nitrogen and oxygen atoms in total. The van der Waals surface area contributed by atoms with E-state index in [1.54, 1.807) is 6.08 Å². The molecule has 0 bridgehead atoms. The van der Waals surface area contributed by atoms with Crippen LogP contribution in [0.2, 0.25) is 0 Å². The Morgan fingerprint density at radius 2 is 2.35 bits per heavy atom. The molecule has 0 aromatic carbocycles. The third kappa shape index (κ3) is 2.87. The molecule has 2 fully saturated rings. The van der Waals surface area contributed by atoms with Crippen molar-refractivity contribution in [3.8, 4) is 0 Å². The zero-order valence-corrected chi connectivity index (χ0v) is 10.2. The van der Waals surface area contributed by atoms with Crippen molar-refractivity contribution in [2.75, 3.05) is 13.1 Å². The molecule has 0 radical (unpaired) electrons. The first-order valence-corrected chi connectivity index (χ1v) is 6.38. The van der Waals surface area contributed by atoms with Gasteiger partial charge in [-0.25, -0.2) is 0 Å². The van der Waals surface area contributed by atoms with Gasteiger partial charge in [0.25, 0.3) is 0 Å². The molecule has 0 aromatic rings. The number of hydrogen-bond acceptors (Lipinski definition) is 2. The van der Waals surface area contributed by atoms with Crippen molar-refractivity contribution in [2.45, 2.75) is 38.1 Å². The predicted octanol–water partition coefficient (Wildman–Crippen LogP) is 1.08. The van der Waals surface area contributed by atoms with Crippen LogP contribution >= 0.6 is 0 Å². The van der Waals surface area contributed by atoms with Crippen molar-refractivity contribution >= 4 is 11.8 Å². The fraction of sp³-hybridized carbons (Fsp3) is 0.692. The molecule has 94 valence electrons.